The van der Waals surface area contributed by atoms with Crippen LogP contribution >= 0.6 is 0 Å². The number of azo groups is 1. The van der Waals surface area contributed by atoms with E-state index < -0.39 is 5.91 Å². The summed E-state index contributed by atoms with van der Waals surface area (Å²) in [5.74, 6) is -0.242. The number of amides is 1. The van der Waals surface area contributed by atoms with Crippen LogP contribution in [0.2, 0.25) is 0 Å². The molecule has 0 saturated carbocycles. The van der Waals surface area contributed by atoms with Gasteiger partial charge in [0.1, 0.15) is 5.69 Å². The minimum Gasteiger partial charge on any atom is -0.505 e. The van der Waals surface area contributed by atoms with Gasteiger partial charge in [0.15, 0.2) is 23.7 Å². The van der Waals surface area contributed by atoms with E-state index >= 15 is 0 Å². The van der Waals surface area contributed by atoms with Gasteiger partial charge in [-0.1, -0.05) is 48.5 Å². The van der Waals surface area contributed by atoms with Crippen molar-refractivity contribution in [2.75, 3.05) is 5.32 Å². The number of aromatic nitrogens is 3. The summed E-state index contributed by atoms with van der Waals surface area (Å²) in [5.41, 5.74) is 0.909. The van der Waals surface area contributed by atoms with E-state index in [1.54, 1.807) is 66.9 Å². The van der Waals surface area contributed by atoms with Crippen LogP contribution < -0.4 is 5.32 Å². The van der Waals surface area contributed by atoms with Crippen LogP contribution in [0.1, 0.15) is 20.7 Å². The summed E-state index contributed by atoms with van der Waals surface area (Å²) in [6.45, 7) is 0. The zero-order valence-corrected chi connectivity index (χ0v) is 18.2. The molecule has 0 saturated heterocycles. The van der Waals surface area contributed by atoms with Crippen LogP contribution in [0.4, 0.5) is 17.2 Å². The van der Waals surface area contributed by atoms with Crippen LogP contribution in [-0.4, -0.2) is 32.1 Å². The first-order chi connectivity index (χ1) is 17.2. The van der Waals surface area contributed by atoms with E-state index in [2.05, 4.69) is 25.6 Å². The number of carbonyl (C=O) groups is 2. The van der Waals surface area contributed by atoms with Crippen molar-refractivity contribution in [2.45, 2.75) is 0 Å². The summed E-state index contributed by atoms with van der Waals surface area (Å²) < 4.78 is 1.37. The van der Waals surface area contributed by atoms with Crippen LogP contribution in [0.25, 0.3) is 16.6 Å². The fourth-order valence-electron chi connectivity index (χ4n) is 3.63. The van der Waals surface area contributed by atoms with E-state index in [0.717, 1.165) is 0 Å². The largest absolute Gasteiger partial charge is 0.505 e. The Morgan fingerprint density at radius 3 is 2.51 bits per heavy atom. The average molecular weight is 462 g/mol. The third kappa shape index (κ3) is 4.25. The van der Waals surface area contributed by atoms with Gasteiger partial charge in [-0.15, -0.1) is 10.2 Å². The number of phenolic OH excluding ortho intramolecular Hbond substituents is 1. The molecule has 0 bridgehead atoms. The number of fused-ring (bicyclic) bond motifs is 1. The number of aldehydes is 1. The number of nitrogens with zero attached hydrogens (tertiary/aromatic N) is 5. The molecule has 2 heterocycles. The third-order valence-electron chi connectivity index (χ3n) is 5.28. The highest BCUT2D eigenvalue weighted by Crippen LogP contribution is 2.38. The Morgan fingerprint density at radius 2 is 1.74 bits per heavy atom. The van der Waals surface area contributed by atoms with Gasteiger partial charge in [-0.25, -0.2) is 4.98 Å². The van der Waals surface area contributed by atoms with Gasteiger partial charge in [-0.3, -0.25) is 9.59 Å². The van der Waals surface area contributed by atoms with Gasteiger partial charge in [0, 0.05) is 11.9 Å². The molecule has 5 aromatic rings. The molecule has 0 atom stereocenters. The Labute approximate surface area is 199 Å². The smallest absolute Gasteiger partial charge is 0.260 e. The lowest BCUT2D eigenvalue weighted by Crippen LogP contribution is -2.12. The molecule has 5 rings (SSSR count). The summed E-state index contributed by atoms with van der Waals surface area (Å²) in [4.78, 5) is 29.0. The molecule has 0 unspecified atom stereocenters. The van der Waals surface area contributed by atoms with Gasteiger partial charge in [0.05, 0.1) is 17.3 Å². The molecule has 2 aromatic heterocycles. The van der Waals surface area contributed by atoms with Gasteiger partial charge in [0.2, 0.25) is 0 Å². The van der Waals surface area contributed by atoms with Gasteiger partial charge in [-0.05, 0) is 41.1 Å². The number of nitrogens with one attached hydrogen (secondary N) is 1. The van der Waals surface area contributed by atoms with Crippen molar-refractivity contribution in [3.63, 3.8) is 0 Å². The van der Waals surface area contributed by atoms with Crippen molar-refractivity contribution in [1.29, 1.82) is 0 Å². The van der Waals surface area contributed by atoms with Crippen LogP contribution in [-0.2, 0) is 0 Å². The van der Waals surface area contributed by atoms with Gasteiger partial charge in [0.25, 0.3) is 5.91 Å². The number of para-hydroxylation sites is 1. The van der Waals surface area contributed by atoms with Crippen LogP contribution in [0.15, 0.2) is 101 Å². The minimum absolute atomic E-state index is 0.0625. The second kappa shape index (κ2) is 9.36. The zero-order chi connectivity index (χ0) is 24.2. The molecule has 170 valence electrons. The number of benzene rings is 3. The van der Waals surface area contributed by atoms with E-state index in [0.29, 0.717) is 28.6 Å². The number of hydrogen-bond donors (Lipinski definition) is 2. The Kier molecular flexibility index (Phi) is 5.79. The SMILES string of the molecule is O=Cc1cnn(-c2ccccn2)c1N=Nc1cc2ccccc2c(C(=O)Nc2ccccc2)c1O. The molecule has 0 radical (unpaired) electrons. The number of anilines is 1. The van der Waals surface area contributed by atoms with E-state index in [1.807, 2.05) is 18.2 Å². The first-order valence-electron chi connectivity index (χ1n) is 10.6. The maximum atomic E-state index is 13.2. The molecule has 0 aliphatic rings. The maximum absolute atomic E-state index is 13.2. The lowest BCUT2D eigenvalue weighted by Gasteiger charge is -2.12. The van der Waals surface area contributed by atoms with Crippen molar-refractivity contribution in [1.82, 2.24) is 14.8 Å². The maximum Gasteiger partial charge on any atom is 0.260 e. The first kappa shape index (κ1) is 21.7. The molecule has 0 aliphatic heterocycles. The summed E-state index contributed by atoms with van der Waals surface area (Å²) in [6.07, 6.45) is 3.56. The molecular weight excluding hydrogens is 444 g/mol. The highest BCUT2D eigenvalue weighted by Gasteiger charge is 2.20. The molecule has 0 fully saturated rings. The Hall–Kier alpha value is -5.18. The monoisotopic (exact) mass is 462 g/mol. The topological polar surface area (TPSA) is 122 Å². The van der Waals surface area contributed by atoms with E-state index in [4.69, 9.17) is 0 Å². The van der Waals surface area contributed by atoms with Crippen molar-refractivity contribution in [3.05, 3.63) is 102 Å². The van der Waals surface area contributed by atoms with Crippen molar-refractivity contribution in [3.8, 4) is 11.6 Å². The van der Waals surface area contributed by atoms with E-state index in [9.17, 15) is 14.7 Å². The molecule has 35 heavy (non-hydrogen) atoms. The second-order valence-electron chi connectivity index (χ2n) is 7.50. The quantitative estimate of drug-likeness (QED) is 0.251. The molecule has 0 aliphatic carbocycles. The fraction of sp³-hybridized carbons (Fsp3) is 0. The number of carbonyl (C=O) groups excluding carboxylic acids is 2. The molecule has 1 amide bonds. The lowest BCUT2D eigenvalue weighted by molar-refractivity contribution is 0.102. The number of hydrogen-bond acceptors (Lipinski definition) is 7. The molecule has 0 spiro atoms. The van der Waals surface area contributed by atoms with Crippen molar-refractivity contribution < 1.29 is 14.7 Å². The number of aromatic hydroxyl groups is 1. The first-order valence-corrected chi connectivity index (χ1v) is 10.6. The highest BCUT2D eigenvalue weighted by atomic mass is 16.3. The Bertz CT molecular complexity index is 1560. The van der Waals surface area contributed by atoms with Crippen molar-refractivity contribution >= 4 is 40.2 Å². The minimum atomic E-state index is -0.492. The van der Waals surface area contributed by atoms with Crippen LogP contribution in [0.3, 0.4) is 0 Å². The van der Waals surface area contributed by atoms with Crippen LogP contribution in [0.5, 0.6) is 5.75 Å². The fourth-order valence-corrected chi connectivity index (χ4v) is 3.63. The van der Waals surface area contributed by atoms with E-state index in [1.165, 1.54) is 10.9 Å². The molecule has 3 aromatic carbocycles. The van der Waals surface area contributed by atoms with Gasteiger partial charge >= 0.3 is 0 Å². The Morgan fingerprint density at radius 1 is 0.971 bits per heavy atom. The highest BCUT2D eigenvalue weighted by molar-refractivity contribution is 6.16. The lowest BCUT2D eigenvalue weighted by atomic mass is 10.0. The summed E-state index contributed by atoms with van der Waals surface area (Å²) in [5, 5.41) is 27.7. The number of pyridine rings is 1. The predicted molar refractivity (Wildman–Crippen MR) is 131 cm³/mol. The second-order valence-corrected chi connectivity index (χ2v) is 7.50. The molecule has 2 N–H and O–H groups in total. The van der Waals surface area contributed by atoms with Gasteiger partial charge in [-0.2, -0.15) is 9.78 Å². The Balaban J connectivity index is 1.60. The van der Waals surface area contributed by atoms with Crippen molar-refractivity contribution in [2.24, 2.45) is 10.2 Å². The normalized spacial score (nSPS) is 11.1. The van der Waals surface area contributed by atoms with E-state index in [-0.39, 0.29) is 28.4 Å². The zero-order valence-electron chi connectivity index (χ0n) is 18.2. The number of rotatable bonds is 6. The van der Waals surface area contributed by atoms with Gasteiger partial charge < -0.3 is 10.4 Å². The summed E-state index contributed by atoms with van der Waals surface area (Å²) in [6, 6.07) is 23.0. The van der Waals surface area contributed by atoms with Crippen LogP contribution in [0, 0.1) is 0 Å². The third-order valence-corrected chi connectivity index (χ3v) is 5.28. The summed E-state index contributed by atoms with van der Waals surface area (Å²) >= 11 is 0. The predicted octanol–water partition coefficient (Wildman–Crippen LogP) is 5.61. The standard InChI is InChI=1S/C26H18N6O3/c33-16-18-15-28-32(22-12-6-7-13-27-22)25(18)31-30-21-14-17-8-4-5-11-20(17)23(24(21)34)26(35)29-19-9-2-1-3-10-19/h1-16,34H,(H,29,35). The molecule has 9 heteroatoms. The molecule has 9 nitrogen and oxygen atoms in total. The summed E-state index contributed by atoms with van der Waals surface area (Å²) in [7, 11) is 0. The molecular formula is C26H18N6O3. The average Bonchev–Trinajstić information content (AvgIpc) is 3.31. The number of phenols is 1.